The van der Waals surface area contributed by atoms with E-state index < -0.39 is 0 Å². The summed E-state index contributed by atoms with van der Waals surface area (Å²) < 4.78 is 2.12. The number of rotatable bonds is 12. The molecule has 20 heavy (non-hydrogen) atoms. The predicted octanol–water partition coefficient (Wildman–Crippen LogP) is 4.60. The Labute approximate surface area is 125 Å². The molecule has 0 amide bonds. The van der Waals surface area contributed by atoms with Gasteiger partial charge in [0, 0.05) is 19.4 Å². The van der Waals surface area contributed by atoms with E-state index in [1.54, 1.807) is 0 Å². The zero-order valence-electron chi connectivity index (χ0n) is 13.7. The molecule has 0 aliphatic heterocycles. The summed E-state index contributed by atoms with van der Waals surface area (Å²) in [4.78, 5) is 4.44. The van der Waals surface area contributed by atoms with E-state index in [0.717, 1.165) is 5.82 Å². The largest absolute Gasteiger partial charge is 0.337 e. The zero-order chi connectivity index (χ0) is 14.6. The second kappa shape index (κ2) is 10.9. The summed E-state index contributed by atoms with van der Waals surface area (Å²) in [7, 11) is 4.11. The van der Waals surface area contributed by atoms with Gasteiger partial charge in [-0.2, -0.15) is 0 Å². The van der Waals surface area contributed by atoms with Crippen LogP contribution in [-0.2, 0) is 7.05 Å². The van der Waals surface area contributed by atoms with Crippen molar-refractivity contribution in [3.63, 3.8) is 0 Å². The van der Waals surface area contributed by atoms with E-state index in [0.29, 0.717) is 6.04 Å². The van der Waals surface area contributed by atoms with Crippen molar-refractivity contribution >= 4 is 0 Å². The van der Waals surface area contributed by atoms with E-state index in [2.05, 4.69) is 28.8 Å². The Morgan fingerprint density at radius 3 is 2.15 bits per heavy atom. The van der Waals surface area contributed by atoms with Gasteiger partial charge in [-0.15, -0.1) is 0 Å². The third-order valence-corrected chi connectivity index (χ3v) is 4.11. The van der Waals surface area contributed by atoms with Gasteiger partial charge < -0.3 is 9.88 Å². The van der Waals surface area contributed by atoms with Crippen molar-refractivity contribution in [1.82, 2.24) is 14.9 Å². The first-order valence-corrected chi connectivity index (χ1v) is 8.44. The molecule has 0 bridgehead atoms. The second-order valence-electron chi connectivity index (χ2n) is 5.85. The van der Waals surface area contributed by atoms with Crippen molar-refractivity contribution in [2.45, 2.75) is 77.2 Å². The summed E-state index contributed by atoms with van der Waals surface area (Å²) in [6.07, 6.45) is 17.6. The molecule has 1 atom stereocenters. The number of nitrogens with one attached hydrogen (secondary N) is 1. The summed E-state index contributed by atoms with van der Waals surface area (Å²) in [5.74, 6) is 1.16. The smallest absolute Gasteiger partial charge is 0.125 e. The molecule has 3 nitrogen and oxygen atoms in total. The number of aromatic nitrogens is 2. The molecular formula is C17H33N3. The van der Waals surface area contributed by atoms with E-state index in [1.165, 1.54) is 64.2 Å². The summed E-state index contributed by atoms with van der Waals surface area (Å²) in [6.45, 7) is 2.28. The first kappa shape index (κ1) is 17.2. The molecule has 1 aromatic heterocycles. The second-order valence-corrected chi connectivity index (χ2v) is 5.85. The molecule has 1 unspecified atom stereocenters. The van der Waals surface area contributed by atoms with E-state index in [1.807, 2.05) is 19.4 Å². The molecule has 1 N–H and O–H groups in total. The Hall–Kier alpha value is -0.830. The van der Waals surface area contributed by atoms with Crippen LogP contribution in [0.4, 0.5) is 0 Å². The van der Waals surface area contributed by atoms with Crippen LogP contribution in [0.25, 0.3) is 0 Å². The van der Waals surface area contributed by atoms with Crippen LogP contribution in [0, 0.1) is 0 Å². The molecule has 0 fully saturated rings. The maximum Gasteiger partial charge on any atom is 0.125 e. The maximum atomic E-state index is 4.44. The molecule has 0 radical (unpaired) electrons. The lowest BCUT2D eigenvalue weighted by Crippen LogP contribution is -2.19. The molecule has 3 heteroatoms. The first-order chi connectivity index (χ1) is 9.79. The minimum atomic E-state index is 0.402. The molecule has 1 rings (SSSR count). The third kappa shape index (κ3) is 6.56. The molecule has 0 aromatic carbocycles. The van der Waals surface area contributed by atoms with Gasteiger partial charge >= 0.3 is 0 Å². The Balaban J connectivity index is 2.04. The monoisotopic (exact) mass is 279 g/mol. The zero-order valence-corrected chi connectivity index (χ0v) is 13.7. The molecule has 0 aliphatic carbocycles. The van der Waals surface area contributed by atoms with Gasteiger partial charge in [-0.05, 0) is 13.5 Å². The Bertz CT molecular complexity index is 333. The fourth-order valence-corrected chi connectivity index (χ4v) is 2.77. The van der Waals surface area contributed by atoms with E-state index in [9.17, 15) is 0 Å². The summed E-state index contributed by atoms with van der Waals surface area (Å²) in [5, 5.41) is 3.39. The van der Waals surface area contributed by atoms with Crippen LogP contribution in [-0.4, -0.2) is 16.6 Å². The van der Waals surface area contributed by atoms with Crippen LogP contribution >= 0.6 is 0 Å². The van der Waals surface area contributed by atoms with Crippen molar-refractivity contribution in [2.75, 3.05) is 7.05 Å². The molecule has 0 saturated heterocycles. The highest BCUT2D eigenvalue weighted by molar-refractivity contribution is 4.98. The number of aryl methyl sites for hydroxylation is 1. The number of imidazole rings is 1. The Morgan fingerprint density at radius 2 is 1.65 bits per heavy atom. The standard InChI is InChI=1S/C17H33N3/c1-4-5-6-7-8-9-10-11-12-13-16(18-2)17-19-14-15-20(17)3/h14-16,18H,4-13H2,1-3H3. The van der Waals surface area contributed by atoms with Gasteiger partial charge in [0.1, 0.15) is 5.82 Å². The van der Waals surface area contributed by atoms with Gasteiger partial charge in [0.05, 0.1) is 6.04 Å². The van der Waals surface area contributed by atoms with Gasteiger partial charge in [0.15, 0.2) is 0 Å². The fraction of sp³-hybridized carbons (Fsp3) is 0.824. The number of hydrogen-bond donors (Lipinski definition) is 1. The Kier molecular flexibility index (Phi) is 9.38. The molecule has 1 heterocycles. The van der Waals surface area contributed by atoms with Gasteiger partial charge in [-0.3, -0.25) is 0 Å². The minimum Gasteiger partial charge on any atom is -0.337 e. The lowest BCUT2D eigenvalue weighted by Gasteiger charge is -2.15. The van der Waals surface area contributed by atoms with Gasteiger partial charge in [-0.1, -0.05) is 64.7 Å². The van der Waals surface area contributed by atoms with Crippen LogP contribution in [0.5, 0.6) is 0 Å². The highest BCUT2D eigenvalue weighted by atomic mass is 15.1. The van der Waals surface area contributed by atoms with Crippen LogP contribution in [0.1, 0.15) is 83.0 Å². The lowest BCUT2D eigenvalue weighted by molar-refractivity contribution is 0.467. The van der Waals surface area contributed by atoms with Crippen LogP contribution in [0.2, 0.25) is 0 Å². The van der Waals surface area contributed by atoms with Crippen molar-refractivity contribution in [1.29, 1.82) is 0 Å². The highest BCUT2D eigenvalue weighted by Gasteiger charge is 2.12. The quantitative estimate of drug-likeness (QED) is 0.567. The van der Waals surface area contributed by atoms with Crippen molar-refractivity contribution in [3.8, 4) is 0 Å². The van der Waals surface area contributed by atoms with Crippen molar-refractivity contribution in [2.24, 2.45) is 7.05 Å². The van der Waals surface area contributed by atoms with Crippen LogP contribution < -0.4 is 5.32 Å². The molecular weight excluding hydrogens is 246 g/mol. The normalized spacial score (nSPS) is 12.8. The van der Waals surface area contributed by atoms with Gasteiger partial charge in [0.25, 0.3) is 0 Å². The maximum absolute atomic E-state index is 4.44. The number of hydrogen-bond acceptors (Lipinski definition) is 2. The summed E-state index contributed by atoms with van der Waals surface area (Å²) >= 11 is 0. The van der Waals surface area contributed by atoms with Crippen molar-refractivity contribution < 1.29 is 0 Å². The van der Waals surface area contributed by atoms with Gasteiger partial charge in [0.2, 0.25) is 0 Å². The molecule has 1 aromatic rings. The number of unbranched alkanes of at least 4 members (excludes halogenated alkanes) is 8. The van der Waals surface area contributed by atoms with E-state index in [-0.39, 0.29) is 0 Å². The third-order valence-electron chi connectivity index (χ3n) is 4.11. The SMILES string of the molecule is CCCCCCCCCCCC(NC)c1nccn1C. The summed E-state index contributed by atoms with van der Waals surface area (Å²) in [6, 6.07) is 0.402. The average molecular weight is 279 g/mol. The van der Waals surface area contributed by atoms with E-state index >= 15 is 0 Å². The molecule has 116 valence electrons. The van der Waals surface area contributed by atoms with Crippen LogP contribution in [0.3, 0.4) is 0 Å². The predicted molar refractivity (Wildman–Crippen MR) is 86.9 cm³/mol. The molecule has 0 saturated carbocycles. The topological polar surface area (TPSA) is 29.9 Å². The highest BCUT2D eigenvalue weighted by Crippen LogP contribution is 2.18. The summed E-state index contributed by atoms with van der Waals surface area (Å²) in [5.41, 5.74) is 0. The average Bonchev–Trinajstić information content (AvgIpc) is 2.87. The molecule has 0 aliphatic rings. The first-order valence-electron chi connectivity index (χ1n) is 8.44. The van der Waals surface area contributed by atoms with Gasteiger partial charge in [-0.25, -0.2) is 4.98 Å². The Morgan fingerprint density at radius 1 is 1.05 bits per heavy atom. The van der Waals surface area contributed by atoms with E-state index in [4.69, 9.17) is 0 Å². The van der Waals surface area contributed by atoms with Crippen LogP contribution in [0.15, 0.2) is 12.4 Å². The number of nitrogens with zero attached hydrogens (tertiary/aromatic N) is 2. The minimum absolute atomic E-state index is 0.402. The fourth-order valence-electron chi connectivity index (χ4n) is 2.77. The molecule has 0 spiro atoms. The van der Waals surface area contributed by atoms with Crippen molar-refractivity contribution in [3.05, 3.63) is 18.2 Å². The lowest BCUT2D eigenvalue weighted by atomic mass is 10.0.